The van der Waals surface area contributed by atoms with Gasteiger partial charge in [0.2, 0.25) is 0 Å². The van der Waals surface area contributed by atoms with E-state index in [-0.39, 0.29) is 0 Å². The summed E-state index contributed by atoms with van der Waals surface area (Å²) in [6.07, 6.45) is 1.92. The van der Waals surface area contributed by atoms with Crippen molar-refractivity contribution in [2.24, 2.45) is 0 Å². The lowest BCUT2D eigenvalue weighted by Crippen LogP contribution is -2.12. The molecule has 5 heteroatoms. The van der Waals surface area contributed by atoms with E-state index in [1.807, 2.05) is 48.7 Å². The van der Waals surface area contributed by atoms with Crippen LogP contribution in [0.2, 0.25) is 5.02 Å². The zero-order valence-corrected chi connectivity index (χ0v) is 12.2. The zero-order valence-electron chi connectivity index (χ0n) is 11.4. The van der Waals surface area contributed by atoms with Crippen molar-refractivity contribution in [3.05, 3.63) is 77.1 Å². The topological polar surface area (TPSA) is 42.7 Å². The summed E-state index contributed by atoms with van der Waals surface area (Å²) >= 11 is 5.88. The fourth-order valence-electron chi connectivity index (χ4n) is 2.03. The van der Waals surface area contributed by atoms with Crippen LogP contribution in [0.1, 0.15) is 11.3 Å². The number of hydrogen-bond donors (Lipinski definition) is 1. The van der Waals surface area contributed by atoms with Gasteiger partial charge in [-0.25, -0.2) is 4.68 Å². The SMILES string of the molecule is Clc1ccc(-n2cc(CNCc3ccccc3)nn2)cc1. The van der Waals surface area contributed by atoms with Crippen LogP contribution >= 0.6 is 11.6 Å². The van der Waals surface area contributed by atoms with Crippen molar-refractivity contribution in [3.8, 4) is 5.69 Å². The molecule has 0 atom stereocenters. The molecule has 2 aromatic carbocycles. The van der Waals surface area contributed by atoms with Crippen LogP contribution in [-0.2, 0) is 13.1 Å². The molecule has 0 unspecified atom stereocenters. The summed E-state index contributed by atoms with van der Waals surface area (Å²) in [7, 11) is 0. The minimum absolute atomic E-state index is 0.683. The molecule has 0 saturated heterocycles. The molecule has 0 spiro atoms. The highest BCUT2D eigenvalue weighted by molar-refractivity contribution is 6.30. The van der Waals surface area contributed by atoms with E-state index in [1.165, 1.54) is 5.56 Å². The minimum Gasteiger partial charge on any atom is -0.307 e. The third-order valence-electron chi connectivity index (χ3n) is 3.11. The Balaban J connectivity index is 1.59. The van der Waals surface area contributed by atoms with Gasteiger partial charge >= 0.3 is 0 Å². The molecular formula is C16H15ClN4. The van der Waals surface area contributed by atoms with Crippen LogP contribution < -0.4 is 5.32 Å². The Hall–Kier alpha value is -2.17. The molecule has 1 aromatic heterocycles. The molecule has 0 amide bonds. The Morgan fingerprint density at radius 3 is 2.48 bits per heavy atom. The molecule has 0 fully saturated rings. The summed E-state index contributed by atoms with van der Waals surface area (Å²) in [6, 6.07) is 17.8. The molecule has 0 bridgehead atoms. The van der Waals surface area contributed by atoms with Crippen LogP contribution in [0.5, 0.6) is 0 Å². The van der Waals surface area contributed by atoms with Crippen LogP contribution in [0.3, 0.4) is 0 Å². The molecule has 0 aliphatic rings. The van der Waals surface area contributed by atoms with E-state index in [9.17, 15) is 0 Å². The lowest BCUT2D eigenvalue weighted by atomic mass is 10.2. The Labute approximate surface area is 128 Å². The first-order valence-electron chi connectivity index (χ1n) is 6.73. The highest BCUT2D eigenvalue weighted by atomic mass is 35.5. The van der Waals surface area contributed by atoms with Crippen molar-refractivity contribution in [1.29, 1.82) is 0 Å². The second-order valence-electron chi connectivity index (χ2n) is 4.72. The second kappa shape index (κ2) is 6.52. The minimum atomic E-state index is 0.683. The second-order valence-corrected chi connectivity index (χ2v) is 5.16. The number of hydrogen-bond acceptors (Lipinski definition) is 3. The lowest BCUT2D eigenvalue weighted by molar-refractivity contribution is 0.676. The van der Waals surface area contributed by atoms with Crippen molar-refractivity contribution in [1.82, 2.24) is 20.3 Å². The average Bonchev–Trinajstić information content (AvgIpc) is 2.98. The third-order valence-corrected chi connectivity index (χ3v) is 3.36. The Kier molecular flexibility index (Phi) is 4.28. The number of nitrogens with one attached hydrogen (secondary N) is 1. The molecule has 1 heterocycles. The van der Waals surface area contributed by atoms with E-state index in [0.717, 1.165) is 17.9 Å². The molecule has 21 heavy (non-hydrogen) atoms. The fraction of sp³-hybridized carbons (Fsp3) is 0.125. The van der Waals surface area contributed by atoms with E-state index in [2.05, 4.69) is 27.8 Å². The summed E-state index contributed by atoms with van der Waals surface area (Å²) in [4.78, 5) is 0. The van der Waals surface area contributed by atoms with E-state index < -0.39 is 0 Å². The predicted octanol–water partition coefficient (Wildman–Crippen LogP) is 3.21. The molecule has 3 aromatic rings. The van der Waals surface area contributed by atoms with E-state index in [1.54, 1.807) is 4.68 Å². The van der Waals surface area contributed by atoms with Gasteiger partial charge in [-0.05, 0) is 29.8 Å². The quantitative estimate of drug-likeness (QED) is 0.786. The summed E-state index contributed by atoms with van der Waals surface area (Å²) < 4.78 is 1.75. The largest absolute Gasteiger partial charge is 0.307 e. The number of halogens is 1. The normalized spacial score (nSPS) is 10.7. The number of nitrogens with zero attached hydrogens (tertiary/aromatic N) is 3. The van der Waals surface area contributed by atoms with Crippen LogP contribution in [0.25, 0.3) is 5.69 Å². The first kappa shape index (κ1) is 13.8. The Morgan fingerprint density at radius 1 is 0.952 bits per heavy atom. The first-order chi connectivity index (χ1) is 10.3. The summed E-state index contributed by atoms with van der Waals surface area (Å²) in [5.41, 5.74) is 3.10. The maximum Gasteiger partial charge on any atom is 0.0969 e. The molecule has 0 radical (unpaired) electrons. The summed E-state index contributed by atoms with van der Waals surface area (Å²) in [5, 5.41) is 12.4. The zero-order chi connectivity index (χ0) is 14.5. The van der Waals surface area contributed by atoms with E-state index >= 15 is 0 Å². The number of benzene rings is 2. The van der Waals surface area contributed by atoms with Gasteiger partial charge in [0, 0.05) is 18.1 Å². The van der Waals surface area contributed by atoms with Crippen molar-refractivity contribution in [2.45, 2.75) is 13.1 Å². The van der Waals surface area contributed by atoms with Crippen LogP contribution in [-0.4, -0.2) is 15.0 Å². The first-order valence-corrected chi connectivity index (χ1v) is 7.11. The van der Waals surface area contributed by atoms with Crippen molar-refractivity contribution < 1.29 is 0 Å². The highest BCUT2D eigenvalue weighted by Crippen LogP contribution is 2.12. The van der Waals surface area contributed by atoms with E-state index in [0.29, 0.717) is 11.6 Å². The van der Waals surface area contributed by atoms with Crippen molar-refractivity contribution in [3.63, 3.8) is 0 Å². The highest BCUT2D eigenvalue weighted by Gasteiger charge is 2.02. The molecular weight excluding hydrogens is 284 g/mol. The maximum absolute atomic E-state index is 5.88. The van der Waals surface area contributed by atoms with Gasteiger partial charge in [0.15, 0.2) is 0 Å². The monoisotopic (exact) mass is 298 g/mol. The average molecular weight is 299 g/mol. The Morgan fingerprint density at radius 2 is 1.71 bits per heavy atom. The standard InChI is InChI=1S/C16H15ClN4/c17-14-6-8-16(9-7-14)21-12-15(19-20-21)11-18-10-13-4-2-1-3-5-13/h1-9,12,18H,10-11H2. The lowest BCUT2D eigenvalue weighted by Gasteiger charge is -2.02. The molecule has 0 saturated carbocycles. The van der Waals surface area contributed by atoms with Crippen LogP contribution in [0.4, 0.5) is 0 Å². The van der Waals surface area contributed by atoms with Crippen LogP contribution in [0.15, 0.2) is 60.8 Å². The summed E-state index contributed by atoms with van der Waals surface area (Å²) in [6.45, 7) is 1.50. The molecule has 106 valence electrons. The predicted molar refractivity (Wildman–Crippen MR) is 83.4 cm³/mol. The maximum atomic E-state index is 5.88. The van der Waals surface area contributed by atoms with Gasteiger partial charge in [-0.1, -0.05) is 47.1 Å². The number of rotatable bonds is 5. The van der Waals surface area contributed by atoms with Gasteiger partial charge < -0.3 is 5.32 Å². The van der Waals surface area contributed by atoms with Crippen molar-refractivity contribution >= 4 is 11.6 Å². The number of aromatic nitrogens is 3. The van der Waals surface area contributed by atoms with Crippen molar-refractivity contribution in [2.75, 3.05) is 0 Å². The van der Waals surface area contributed by atoms with Gasteiger partial charge in [-0.2, -0.15) is 0 Å². The summed E-state index contributed by atoms with van der Waals surface area (Å²) in [5.74, 6) is 0. The van der Waals surface area contributed by atoms with Gasteiger partial charge in [-0.15, -0.1) is 5.10 Å². The van der Waals surface area contributed by atoms with Gasteiger partial charge in [0.25, 0.3) is 0 Å². The smallest absolute Gasteiger partial charge is 0.0969 e. The Bertz CT molecular complexity index is 692. The molecule has 1 N–H and O–H groups in total. The van der Waals surface area contributed by atoms with Gasteiger partial charge in [0.1, 0.15) is 0 Å². The third kappa shape index (κ3) is 3.68. The molecule has 0 aliphatic carbocycles. The molecule has 3 rings (SSSR count). The molecule has 0 aliphatic heterocycles. The fourth-order valence-corrected chi connectivity index (χ4v) is 2.16. The van der Waals surface area contributed by atoms with Gasteiger partial charge in [-0.3, -0.25) is 0 Å². The van der Waals surface area contributed by atoms with Crippen LogP contribution in [0, 0.1) is 0 Å². The van der Waals surface area contributed by atoms with E-state index in [4.69, 9.17) is 11.6 Å². The van der Waals surface area contributed by atoms with Gasteiger partial charge in [0.05, 0.1) is 17.6 Å². The molecule has 4 nitrogen and oxygen atoms in total.